The molecule has 2 atom stereocenters. The van der Waals surface area contributed by atoms with Crippen LogP contribution in [0.5, 0.6) is 5.75 Å². The van der Waals surface area contributed by atoms with Gasteiger partial charge in [0.05, 0.1) is 0 Å². The molecule has 1 aromatic carbocycles. The predicted molar refractivity (Wildman–Crippen MR) is 66.5 cm³/mol. The minimum Gasteiger partial charge on any atom is -0.503 e. The first-order valence-corrected chi connectivity index (χ1v) is 6.38. The number of aromatic hydroxyl groups is 1. The number of carbonyl (C=O) groups excluding carboxylic acids is 1. The van der Waals surface area contributed by atoms with E-state index in [1.54, 1.807) is 0 Å². The molecule has 0 heterocycles. The van der Waals surface area contributed by atoms with E-state index >= 15 is 0 Å². The lowest BCUT2D eigenvalue weighted by Gasteiger charge is -2.24. The average molecular weight is 264 g/mol. The number of halogens is 2. The van der Waals surface area contributed by atoms with Gasteiger partial charge in [-0.15, -0.1) is 0 Å². The van der Waals surface area contributed by atoms with Gasteiger partial charge in [-0.1, -0.05) is 13.3 Å². The Morgan fingerprint density at radius 2 is 1.95 bits per heavy atom. The SMILES string of the molecule is CC12CCCC1C(c1cc(F)c(O)c(F)c1)=CC2=O. The van der Waals surface area contributed by atoms with Gasteiger partial charge in [0.1, 0.15) is 0 Å². The van der Waals surface area contributed by atoms with Gasteiger partial charge in [0.2, 0.25) is 0 Å². The highest BCUT2D eigenvalue weighted by atomic mass is 19.1. The zero-order valence-corrected chi connectivity index (χ0v) is 10.5. The molecule has 0 spiro atoms. The molecule has 1 saturated carbocycles. The molecule has 19 heavy (non-hydrogen) atoms. The Balaban J connectivity index is 2.09. The Morgan fingerprint density at radius 1 is 1.32 bits per heavy atom. The largest absolute Gasteiger partial charge is 0.503 e. The molecule has 0 bridgehead atoms. The molecule has 3 rings (SSSR count). The maximum absolute atomic E-state index is 13.4. The van der Waals surface area contributed by atoms with Crippen molar-refractivity contribution in [3.05, 3.63) is 35.4 Å². The fraction of sp³-hybridized carbons (Fsp3) is 0.400. The van der Waals surface area contributed by atoms with Gasteiger partial charge in [0.25, 0.3) is 0 Å². The van der Waals surface area contributed by atoms with Crippen LogP contribution in [0.3, 0.4) is 0 Å². The van der Waals surface area contributed by atoms with Crippen molar-refractivity contribution in [2.24, 2.45) is 11.3 Å². The molecule has 1 fully saturated rings. The van der Waals surface area contributed by atoms with Crippen LogP contribution in [0, 0.1) is 23.0 Å². The van der Waals surface area contributed by atoms with Crippen LogP contribution in [0.15, 0.2) is 18.2 Å². The third-order valence-electron chi connectivity index (χ3n) is 4.53. The van der Waals surface area contributed by atoms with Crippen LogP contribution in [0.4, 0.5) is 8.78 Å². The minimum atomic E-state index is -0.991. The van der Waals surface area contributed by atoms with Crippen LogP contribution >= 0.6 is 0 Å². The topological polar surface area (TPSA) is 37.3 Å². The summed E-state index contributed by atoms with van der Waals surface area (Å²) in [5.41, 5.74) is 0.639. The molecule has 0 amide bonds. The maximum atomic E-state index is 13.4. The summed E-state index contributed by atoms with van der Waals surface area (Å²) in [4.78, 5) is 12.1. The summed E-state index contributed by atoms with van der Waals surface area (Å²) in [5, 5.41) is 9.13. The molecule has 2 unspecified atom stereocenters. The van der Waals surface area contributed by atoms with E-state index in [4.69, 9.17) is 5.11 Å². The number of hydrogen-bond donors (Lipinski definition) is 1. The highest BCUT2D eigenvalue weighted by Gasteiger charge is 2.49. The molecule has 2 aliphatic rings. The fourth-order valence-corrected chi connectivity index (χ4v) is 3.38. The second-order valence-corrected chi connectivity index (χ2v) is 5.61. The van der Waals surface area contributed by atoms with Crippen LogP contribution in [0.1, 0.15) is 31.7 Å². The normalized spacial score (nSPS) is 29.5. The Morgan fingerprint density at radius 3 is 2.58 bits per heavy atom. The fourth-order valence-electron chi connectivity index (χ4n) is 3.38. The lowest BCUT2D eigenvalue weighted by Crippen LogP contribution is -2.25. The van der Waals surface area contributed by atoms with E-state index in [1.165, 1.54) is 6.08 Å². The number of phenolic OH excluding ortho intramolecular Hbond substituents is 1. The molecule has 0 saturated heterocycles. The summed E-state index contributed by atoms with van der Waals surface area (Å²) in [5.74, 6) is -2.88. The van der Waals surface area contributed by atoms with E-state index in [1.807, 2.05) is 6.92 Å². The Bertz CT molecular complexity index is 583. The van der Waals surface area contributed by atoms with Crippen LogP contribution in [-0.4, -0.2) is 10.9 Å². The molecule has 0 aliphatic heterocycles. The molecule has 0 radical (unpaired) electrons. The van der Waals surface area contributed by atoms with E-state index in [-0.39, 0.29) is 11.7 Å². The van der Waals surface area contributed by atoms with Gasteiger partial charge in [-0.25, -0.2) is 8.78 Å². The number of allylic oxidation sites excluding steroid dienone is 2. The van der Waals surface area contributed by atoms with Gasteiger partial charge in [-0.2, -0.15) is 0 Å². The quantitative estimate of drug-likeness (QED) is 0.843. The zero-order chi connectivity index (χ0) is 13.8. The zero-order valence-electron chi connectivity index (χ0n) is 10.5. The summed E-state index contributed by atoms with van der Waals surface area (Å²) < 4.78 is 26.9. The molecule has 2 aliphatic carbocycles. The van der Waals surface area contributed by atoms with E-state index in [0.717, 1.165) is 31.4 Å². The first-order valence-electron chi connectivity index (χ1n) is 6.38. The number of carbonyl (C=O) groups is 1. The van der Waals surface area contributed by atoms with Crippen molar-refractivity contribution in [1.82, 2.24) is 0 Å². The smallest absolute Gasteiger partial charge is 0.187 e. The summed E-state index contributed by atoms with van der Waals surface area (Å²) >= 11 is 0. The predicted octanol–water partition coefficient (Wildman–Crippen LogP) is 3.44. The van der Waals surface area contributed by atoms with E-state index in [0.29, 0.717) is 11.1 Å². The van der Waals surface area contributed by atoms with E-state index in [2.05, 4.69) is 0 Å². The first-order chi connectivity index (χ1) is 8.93. The van der Waals surface area contributed by atoms with Crippen molar-refractivity contribution in [1.29, 1.82) is 0 Å². The Hall–Kier alpha value is -1.71. The van der Waals surface area contributed by atoms with Gasteiger partial charge in [-0.3, -0.25) is 4.79 Å². The van der Waals surface area contributed by atoms with Crippen molar-refractivity contribution in [3.63, 3.8) is 0 Å². The van der Waals surface area contributed by atoms with Gasteiger partial charge in [0, 0.05) is 5.41 Å². The standard InChI is InChI=1S/C15H14F2O2/c1-15-4-2-3-10(15)9(7-13(15)18)8-5-11(16)14(19)12(17)6-8/h5-7,10,19H,2-4H2,1H3. The second kappa shape index (κ2) is 3.89. The number of hydrogen-bond acceptors (Lipinski definition) is 2. The molecular weight excluding hydrogens is 250 g/mol. The van der Waals surface area contributed by atoms with E-state index in [9.17, 15) is 13.6 Å². The Labute approximate surface area is 109 Å². The monoisotopic (exact) mass is 264 g/mol. The highest BCUT2D eigenvalue weighted by molar-refractivity contribution is 6.07. The van der Waals surface area contributed by atoms with Crippen LogP contribution in [-0.2, 0) is 4.79 Å². The van der Waals surface area contributed by atoms with Crippen molar-refractivity contribution in [3.8, 4) is 5.75 Å². The minimum absolute atomic E-state index is 0.0309. The van der Waals surface area contributed by atoms with Gasteiger partial charge >= 0.3 is 0 Å². The van der Waals surface area contributed by atoms with Gasteiger partial charge in [-0.05, 0) is 48.1 Å². The van der Waals surface area contributed by atoms with E-state index < -0.39 is 22.8 Å². The van der Waals surface area contributed by atoms with Crippen LogP contribution in [0.2, 0.25) is 0 Å². The molecule has 2 nitrogen and oxygen atoms in total. The summed E-state index contributed by atoms with van der Waals surface area (Å²) in [6.07, 6.45) is 4.14. The number of fused-ring (bicyclic) bond motifs is 1. The van der Waals surface area contributed by atoms with Crippen molar-refractivity contribution < 1.29 is 18.7 Å². The second-order valence-electron chi connectivity index (χ2n) is 5.61. The van der Waals surface area contributed by atoms with Crippen molar-refractivity contribution >= 4 is 11.4 Å². The van der Waals surface area contributed by atoms with Crippen molar-refractivity contribution in [2.45, 2.75) is 26.2 Å². The average Bonchev–Trinajstić information content (AvgIpc) is 2.84. The summed E-state index contributed by atoms with van der Waals surface area (Å²) in [7, 11) is 0. The third kappa shape index (κ3) is 1.62. The van der Waals surface area contributed by atoms with Gasteiger partial charge < -0.3 is 5.11 Å². The molecule has 0 aromatic heterocycles. The lowest BCUT2D eigenvalue weighted by atomic mass is 9.78. The summed E-state index contributed by atoms with van der Waals surface area (Å²) in [6.45, 7) is 1.92. The highest BCUT2D eigenvalue weighted by Crippen LogP contribution is 2.54. The third-order valence-corrected chi connectivity index (χ3v) is 4.53. The molecule has 1 aromatic rings. The lowest BCUT2D eigenvalue weighted by molar-refractivity contribution is -0.122. The number of benzene rings is 1. The van der Waals surface area contributed by atoms with Crippen LogP contribution in [0.25, 0.3) is 5.57 Å². The number of rotatable bonds is 1. The summed E-state index contributed by atoms with van der Waals surface area (Å²) in [6, 6.07) is 2.20. The molecule has 1 N–H and O–H groups in total. The maximum Gasteiger partial charge on any atom is 0.187 e. The van der Waals surface area contributed by atoms with Crippen LogP contribution < -0.4 is 0 Å². The molecular formula is C15H14F2O2. The van der Waals surface area contributed by atoms with Crippen molar-refractivity contribution in [2.75, 3.05) is 0 Å². The number of phenols is 1. The molecule has 100 valence electrons. The number of ketones is 1. The first kappa shape index (κ1) is 12.3. The molecule has 4 heteroatoms. The van der Waals surface area contributed by atoms with Gasteiger partial charge in [0.15, 0.2) is 23.2 Å². The Kier molecular flexibility index (Phi) is 2.52.